The fourth-order valence-corrected chi connectivity index (χ4v) is 2.18. The molecule has 0 aromatic carbocycles. The molecule has 0 saturated heterocycles. The Balaban J connectivity index is 3.32. The molecule has 16 heavy (non-hydrogen) atoms. The van der Waals surface area contributed by atoms with Gasteiger partial charge in [0.25, 0.3) is 6.43 Å². The number of alkyl halides is 3. The van der Waals surface area contributed by atoms with Gasteiger partial charge < -0.3 is 4.74 Å². The number of ether oxygens (including phenoxy) is 1. The molecule has 7 heteroatoms. The maximum absolute atomic E-state index is 12.6. The lowest BCUT2D eigenvalue weighted by molar-refractivity contribution is 0.0598. The normalized spacial score (nSPS) is 10.6. The summed E-state index contributed by atoms with van der Waals surface area (Å²) < 4.78 is 29.9. The molecule has 88 valence electrons. The van der Waals surface area contributed by atoms with E-state index in [-0.39, 0.29) is 25.9 Å². The molecule has 1 aromatic rings. The highest BCUT2D eigenvalue weighted by molar-refractivity contribution is 14.1. The molecule has 0 unspecified atom stereocenters. The van der Waals surface area contributed by atoms with Crippen molar-refractivity contribution in [3.8, 4) is 0 Å². The molecule has 0 N–H and O–H groups in total. The van der Waals surface area contributed by atoms with Crippen molar-refractivity contribution in [1.82, 2.24) is 4.98 Å². The van der Waals surface area contributed by atoms with Crippen molar-refractivity contribution in [2.75, 3.05) is 7.11 Å². The highest BCUT2D eigenvalue weighted by atomic mass is 127. The third-order valence-electron chi connectivity index (χ3n) is 1.82. The lowest BCUT2D eigenvalue weighted by Crippen LogP contribution is -2.10. The zero-order valence-corrected chi connectivity index (χ0v) is 11.9. The summed E-state index contributed by atoms with van der Waals surface area (Å²) in [5.41, 5.74) is 0.137. The molecule has 3 nitrogen and oxygen atoms in total. The SMILES string of the molecule is COC(=O)c1cc(I)c(C(F)F)nc1CBr. The van der Waals surface area contributed by atoms with Gasteiger partial charge in [-0.3, -0.25) is 0 Å². The lowest BCUT2D eigenvalue weighted by atomic mass is 10.2. The van der Waals surface area contributed by atoms with Crippen LogP contribution < -0.4 is 0 Å². The van der Waals surface area contributed by atoms with Crippen LogP contribution in [-0.2, 0) is 10.1 Å². The number of carbonyl (C=O) groups is 1. The standard InChI is InChI=1S/C9H7BrF2INO2/c1-16-9(15)4-2-5(13)7(8(11)12)14-6(4)3-10/h2,8H,3H2,1H3. The van der Waals surface area contributed by atoms with Crippen molar-refractivity contribution in [3.05, 3.63) is 26.6 Å². The molecule has 0 fully saturated rings. The Morgan fingerprint density at radius 2 is 2.31 bits per heavy atom. The molecular weight excluding hydrogens is 399 g/mol. The number of pyridine rings is 1. The summed E-state index contributed by atoms with van der Waals surface area (Å²) >= 11 is 4.81. The Kier molecular flexibility index (Phi) is 5.03. The van der Waals surface area contributed by atoms with Crippen LogP contribution in [0.1, 0.15) is 28.2 Å². The minimum Gasteiger partial charge on any atom is -0.465 e. The Morgan fingerprint density at radius 1 is 1.69 bits per heavy atom. The van der Waals surface area contributed by atoms with E-state index in [9.17, 15) is 13.6 Å². The molecule has 1 heterocycles. The molecular formula is C9H7BrF2INO2. The second-order valence-electron chi connectivity index (χ2n) is 2.78. The Morgan fingerprint density at radius 3 is 2.75 bits per heavy atom. The molecule has 0 radical (unpaired) electrons. The van der Waals surface area contributed by atoms with E-state index in [1.54, 1.807) is 22.6 Å². The van der Waals surface area contributed by atoms with Gasteiger partial charge in [0.15, 0.2) is 0 Å². The fourth-order valence-electron chi connectivity index (χ4n) is 1.08. The number of carbonyl (C=O) groups excluding carboxylic acids is 1. The Hall–Kier alpha value is -0.310. The first-order valence-corrected chi connectivity index (χ1v) is 6.33. The maximum Gasteiger partial charge on any atom is 0.339 e. The molecule has 0 amide bonds. The first-order valence-electron chi connectivity index (χ1n) is 4.13. The van der Waals surface area contributed by atoms with Crippen LogP contribution in [0.5, 0.6) is 0 Å². The van der Waals surface area contributed by atoms with Crippen molar-refractivity contribution in [3.63, 3.8) is 0 Å². The molecule has 0 atom stereocenters. The number of rotatable bonds is 3. The first kappa shape index (κ1) is 13.8. The predicted molar refractivity (Wildman–Crippen MR) is 65.9 cm³/mol. The van der Waals surface area contributed by atoms with Crippen LogP contribution in [0, 0.1) is 3.57 Å². The van der Waals surface area contributed by atoms with Gasteiger partial charge in [0.05, 0.1) is 18.4 Å². The van der Waals surface area contributed by atoms with Crippen LogP contribution in [0.4, 0.5) is 8.78 Å². The van der Waals surface area contributed by atoms with E-state index >= 15 is 0 Å². The summed E-state index contributed by atoms with van der Waals surface area (Å²) in [5, 5.41) is 0.216. The van der Waals surface area contributed by atoms with Crippen molar-refractivity contribution in [1.29, 1.82) is 0 Å². The highest BCUT2D eigenvalue weighted by Gasteiger charge is 2.20. The third-order valence-corrected chi connectivity index (χ3v) is 3.22. The van der Waals surface area contributed by atoms with Crippen LogP contribution in [-0.4, -0.2) is 18.1 Å². The van der Waals surface area contributed by atoms with Crippen molar-refractivity contribution < 1.29 is 18.3 Å². The second kappa shape index (κ2) is 5.85. The van der Waals surface area contributed by atoms with Gasteiger partial charge in [0.2, 0.25) is 0 Å². The van der Waals surface area contributed by atoms with Crippen LogP contribution in [0.2, 0.25) is 0 Å². The van der Waals surface area contributed by atoms with E-state index in [2.05, 4.69) is 25.7 Å². The van der Waals surface area contributed by atoms with E-state index in [1.165, 1.54) is 13.2 Å². The van der Waals surface area contributed by atoms with Gasteiger partial charge in [-0.1, -0.05) is 15.9 Å². The van der Waals surface area contributed by atoms with Gasteiger partial charge in [-0.25, -0.2) is 18.6 Å². The first-order chi connectivity index (χ1) is 7.51. The third kappa shape index (κ3) is 2.88. The molecule has 1 rings (SSSR count). The summed E-state index contributed by atoms with van der Waals surface area (Å²) in [6, 6.07) is 1.36. The quantitative estimate of drug-likeness (QED) is 0.440. The summed E-state index contributed by atoms with van der Waals surface area (Å²) in [4.78, 5) is 15.1. The number of halogens is 4. The fraction of sp³-hybridized carbons (Fsp3) is 0.333. The average Bonchev–Trinajstić information content (AvgIpc) is 2.27. The molecule has 0 saturated carbocycles. The second-order valence-corrected chi connectivity index (χ2v) is 4.50. The maximum atomic E-state index is 12.6. The van der Waals surface area contributed by atoms with Gasteiger partial charge in [-0.15, -0.1) is 0 Å². The minimum absolute atomic E-state index is 0.202. The summed E-state index contributed by atoms with van der Waals surface area (Å²) in [7, 11) is 1.23. The molecule has 1 aromatic heterocycles. The topological polar surface area (TPSA) is 39.2 Å². The minimum atomic E-state index is -2.66. The van der Waals surface area contributed by atoms with Crippen LogP contribution in [0.15, 0.2) is 6.07 Å². The van der Waals surface area contributed by atoms with Gasteiger partial charge >= 0.3 is 5.97 Å². The Bertz CT molecular complexity index is 415. The van der Waals surface area contributed by atoms with Gasteiger partial charge in [0.1, 0.15) is 5.69 Å². The number of nitrogens with zero attached hydrogens (tertiary/aromatic N) is 1. The molecule has 0 aliphatic rings. The summed E-state index contributed by atoms with van der Waals surface area (Å²) in [6.45, 7) is 0. The predicted octanol–water partition coefficient (Wildman–Crippen LogP) is 3.31. The zero-order chi connectivity index (χ0) is 12.3. The highest BCUT2D eigenvalue weighted by Crippen LogP contribution is 2.25. The Labute approximate surface area is 113 Å². The van der Waals surface area contributed by atoms with Crippen molar-refractivity contribution in [2.24, 2.45) is 0 Å². The van der Waals surface area contributed by atoms with E-state index in [4.69, 9.17) is 0 Å². The van der Waals surface area contributed by atoms with Gasteiger partial charge in [-0.05, 0) is 28.7 Å². The number of hydrogen-bond donors (Lipinski definition) is 0. The van der Waals surface area contributed by atoms with Crippen LogP contribution >= 0.6 is 38.5 Å². The van der Waals surface area contributed by atoms with Crippen LogP contribution in [0.25, 0.3) is 0 Å². The van der Waals surface area contributed by atoms with Crippen LogP contribution in [0.3, 0.4) is 0 Å². The zero-order valence-electron chi connectivity index (χ0n) is 8.14. The molecule has 0 aliphatic carbocycles. The molecule has 0 aliphatic heterocycles. The summed E-state index contributed by atoms with van der Waals surface area (Å²) in [5.74, 6) is -0.583. The van der Waals surface area contributed by atoms with Crippen molar-refractivity contribution in [2.45, 2.75) is 11.8 Å². The van der Waals surface area contributed by atoms with Gasteiger partial charge in [-0.2, -0.15) is 0 Å². The molecule has 0 spiro atoms. The number of esters is 1. The van der Waals surface area contributed by atoms with E-state index in [1.807, 2.05) is 0 Å². The largest absolute Gasteiger partial charge is 0.465 e. The smallest absolute Gasteiger partial charge is 0.339 e. The number of aromatic nitrogens is 1. The number of hydrogen-bond acceptors (Lipinski definition) is 3. The van der Waals surface area contributed by atoms with E-state index in [0.717, 1.165) is 0 Å². The number of methoxy groups -OCH3 is 1. The van der Waals surface area contributed by atoms with E-state index in [0.29, 0.717) is 0 Å². The van der Waals surface area contributed by atoms with Crippen molar-refractivity contribution >= 4 is 44.5 Å². The monoisotopic (exact) mass is 405 g/mol. The lowest BCUT2D eigenvalue weighted by Gasteiger charge is -2.09. The summed E-state index contributed by atoms with van der Waals surface area (Å²) in [6.07, 6.45) is -2.66. The van der Waals surface area contributed by atoms with E-state index < -0.39 is 12.4 Å². The molecule has 0 bridgehead atoms. The van der Waals surface area contributed by atoms with Gasteiger partial charge in [0, 0.05) is 8.90 Å². The average molecular weight is 406 g/mol.